The molecule has 0 fully saturated rings. The number of carboxylic acid groups (broad SMARTS) is 2. The summed E-state index contributed by atoms with van der Waals surface area (Å²) in [5.41, 5.74) is 12.1. The second-order valence-electron chi connectivity index (χ2n) is 4.78. The van der Waals surface area contributed by atoms with Crippen LogP contribution in [-0.2, 0) is 13.1 Å². The monoisotopic (exact) mass is 316 g/mol. The first-order valence-corrected chi connectivity index (χ1v) is 6.76. The van der Waals surface area contributed by atoms with E-state index in [1.165, 1.54) is 24.3 Å². The van der Waals surface area contributed by atoms with Crippen LogP contribution in [0.4, 0.5) is 0 Å². The largest absolute Gasteiger partial charge is 0.478 e. The molecule has 6 N–H and O–H groups in total. The van der Waals surface area contributed by atoms with Crippen LogP contribution in [0.25, 0.3) is 0 Å². The van der Waals surface area contributed by atoms with E-state index in [0.29, 0.717) is 11.1 Å². The average molecular weight is 316 g/mol. The van der Waals surface area contributed by atoms with Crippen LogP contribution in [0.1, 0.15) is 31.8 Å². The van der Waals surface area contributed by atoms with Gasteiger partial charge in [-0.25, -0.2) is 9.59 Å². The Morgan fingerprint density at radius 2 is 1.22 bits per heavy atom. The van der Waals surface area contributed by atoms with Gasteiger partial charge in [0.2, 0.25) is 0 Å². The summed E-state index contributed by atoms with van der Waals surface area (Å²) in [6, 6.07) is 8.94. The quantitative estimate of drug-likeness (QED) is 0.637. The van der Waals surface area contributed by atoms with Gasteiger partial charge in [0.1, 0.15) is 22.6 Å². The van der Waals surface area contributed by atoms with Crippen LogP contribution in [-0.4, -0.2) is 22.2 Å². The predicted molar refractivity (Wildman–Crippen MR) is 82.7 cm³/mol. The lowest BCUT2D eigenvalue weighted by atomic mass is 10.1. The maximum atomic E-state index is 11.3. The highest BCUT2D eigenvalue weighted by Gasteiger charge is 2.17. The maximum Gasteiger partial charge on any atom is 0.339 e. The zero-order chi connectivity index (χ0) is 17.0. The lowest BCUT2D eigenvalue weighted by Gasteiger charge is -2.13. The van der Waals surface area contributed by atoms with E-state index in [1.54, 1.807) is 12.1 Å². The zero-order valence-electron chi connectivity index (χ0n) is 12.2. The molecule has 2 aromatic carbocycles. The van der Waals surface area contributed by atoms with Crippen LogP contribution in [0.3, 0.4) is 0 Å². The van der Waals surface area contributed by atoms with Gasteiger partial charge in [0.15, 0.2) is 0 Å². The van der Waals surface area contributed by atoms with E-state index in [-0.39, 0.29) is 35.7 Å². The number of benzene rings is 2. The fourth-order valence-corrected chi connectivity index (χ4v) is 2.04. The summed E-state index contributed by atoms with van der Waals surface area (Å²) in [6.07, 6.45) is 0. The van der Waals surface area contributed by atoms with Gasteiger partial charge in [0, 0.05) is 13.1 Å². The molecule has 2 rings (SSSR count). The highest BCUT2D eigenvalue weighted by molar-refractivity contribution is 5.93. The highest BCUT2D eigenvalue weighted by atomic mass is 16.5. The first kappa shape index (κ1) is 16.5. The first-order valence-electron chi connectivity index (χ1n) is 6.76. The second kappa shape index (κ2) is 6.91. The molecule has 23 heavy (non-hydrogen) atoms. The Morgan fingerprint density at radius 1 is 0.826 bits per heavy atom. The van der Waals surface area contributed by atoms with Crippen LogP contribution in [0.5, 0.6) is 11.5 Å². The van der Waals surface area contributed by atoms with Crippen molar-refractivity contribution in [3.63, 3.8) is 0 Å². The van der Waals surface area contributed by atoms with Crippen molar-refractivity contribution in [3.05, 3.63) is 58.7 Å². The van der Waals surface area contributed by atoms with Crippen LogP contribution in [0.2, 0.25) is 0 Å². The van der Waals surface area contributed by atoms with Gasteiger partial charge >= 0.3 is 11.9 Å². The Hall–Kier alpha value is -2.90. The van der Waals surface area contributed by atoms with Crippen LogP contribution in [0, 0.1) is 0 Å². The third kappa shape index (κ3) is 3.65. The number of carbonyl (C=O) groups is 2. The Labute approximate surface area is 132 Å². The molecule has 0 radical (unpaired) electrons. The van der Waals surface area contributed by atoms with E-state index in [1.807, 2.05) is 0 Å². The van der Waals surface area contributed by atoms with Crippen molar-refractivity contribution in [2.75, 3.05) is 0 Å². The van der Waals surface area contributed by atoms with E-state index >= 15 is 0 Å². The molecular formula is C16H16N2O5. The standard InChI is InChI=1S/C16H16N2O5/c17-7-9-1-3-13(11(5-9)15(19)20)23-14-4-2-10(8-18)6-12(14)16(21)22/h1-6H,7-8,17-18H2,(H,19,20)(H,21,22). The van der Waals surface area contributed by atoms with Crippen LogP contribution >= 0.6 is 0 Å². The normalized spacial score (nSPS) is 10.3. The molecule has 2 aromatic rings. The van der Waals surface area contributed by atoms with Gasteiger partial charge < -0.3 is 26.4 Å². The van der Waals surface area contributed by atoms with Gasteiger partial charge in [-0.2, -0.15) is 0 Å². The molecule has 0 aliphatic heterocycles. The van der Waals surface area contributed by atoms with Gasteiger partial charge in [-0.05, 0) is 35.4 Å². The lowest BCUT2D eigenvalue weighted by molar-refractivity contribution is 0.0687. The molecule has 0 spiro atoms. The number of aromatic carboxylic acids is 2. The van der Waals surface area contributed by atoms with E-state index < -0.39 is 11.9 Å². The lowest BCUT2D eigenvalue weighted by Crippen LogP contribution is -2.07. The van der Waals surface area contributed by atoms with Gasteiger partial charge in [-0.1, -0.05) is 12.1 Å². The summed E-state index contributed by atoms with van der Waals surface area (Å²) in [7, 11) is 0. The molecule has 0 unspecified atom stereocenters. The minimum absolute atomic E-state index is 0.0395. The highest BCUT2D eigenvalue weighted by Crippen LogP contribution is 2.30. The minimum atomic E-state index is -1.19. The Balaban J connectivity index is 2.47. The van der Waals surface area contributed by atoms with Gasteiger partial charge in [-0.15, -0.1) is 0 Å². The summed E-state index contributed by atoms with van der Waals surface area (Å²) < 4.78 is 5.52. The van der Waals surface area contributed by atoms with Crippen molar-refractivity contribution in [1.82, 2.24) is 0 Å². The summed E-state index contributed by atoms with van der Waals surface area (Å²) >= 11 is 0. The van der Waals surface area contributed by atoms with Gasteiger partial charge in [0.05, 0.1) is 0 Å². The molecule has 0 bridgehead atoms. The molecule has 120 valence electrons. The van der Waals surface area contributed by atoms with Crippen molar-refractivity contribution >= 4 is 11.9 Å². The van der Waals surface area contributed by atoms with E-state index in [0.717, 1.165) is 0 Å². The Kier molecular flexibility index (Phi) is 4.95. The number of hydrogen-bond donors (Lipinski definition) is 4. The third-order valence-electron chi connectivity index (χ3n) is 3.24. The fourth-order valence-electron chi connectivity index (χ4n) is 2.04. The smallest absolute Gasteiger partial charge is 0.339 e. The molecule has 0 aromatic heterocycles. The minimum Gasteiger partial charge on any atom is -0.478 e. The molecular weight excluding hydrogens is 300 g/mol. The third-order valence-corrected chi connectivity index (χ3v) is 3.24. The summed E-state index contributed by atoms with van der Waals surface area (Å²) in [4.78, 5) is 22.7. The number of carboxylic acids is 2. The van der Waals surface area contributed by atoms with Gasteiger partial charge in [-0.3, -0.25) is 0 Å². The van der Waals surface area contributed by atoms with Crippen molar-refractivity contribution in [2.24, 2.45) is 11.5 Å². The summed E-state index contributed by atoms with van der Waals surface area (Å²) in [5.74, 6) is -2.30. The molecule has 7 heteroatoms. The molecule has 0 saturated carbocycles. The van der Waals surface area contributed by atoms with Crippen molar-refractivity contribution < 1.29 is 24.5 Å². The number of hydrogen-bond acceptors (Lipinski definition) is 5. The predicted octanol–water partition coefficient (Wildman–Crippen LogP) is 1.79. The topological polar surface area (TPSA) is 136 Å². The van der Waals surface area contributed by atoms with E-state index in [2.05, 4.69) is 0 Å². The zero-order valence-corrected chi connectivity index (χ0v) is 12.2. The van der Waals surface area contributed by atoms with Crippen molar-refractivity contribution in [2.45, 2.75) is 13.1 Å². The van der Waals surface area contributed by atoms with Crippen molar-refractivity contribution in [1.29, 1.82) is 0 Å². The summed E-state index contributed by atoms with van der Waals surface area (Å²) in [5, 5.41) is 18.5. The molecule has 0 atom stereocenters. The molecule has 0 saturated heterocycles. The molecule has 0 amide bonds. The number of rotatable bonds is 6. The Bertz CT molecular complexity index is 695. The van der Waals surface area contributed by atoms with Gasteiger partial charge in [0.25, 0.3) is 0 Å². The second-order valence-corrected chi connectivity index (χ2v) is 4.78. The maximum absolute atomic E-state index is 11.3. The number of ether oxygens (including phenoxy) is 1. The molecule has 0 heterocycles. The first-order chi connectivity index (χ1) is 11.0. The summed E-state index contributed by atoms with van der Waals surface area (Å²) in [6.45, 7) is 0.373. The number of nitrogens with two attached hydrogens (primary N) is 2. The van der Waals surface area contributed by atoms with E-state index in [9.17, 15) is 19.8 Å². The average Bonchev–Trinajstić information content (AvgIpc) is 2.55. The molecule has 0 aliphatic carbocycles. The SMILES string of the molecule is NCc1ccc(Oc2ccc(CN)cc2C(=O)O)c(C(=O)O)c1. The van der Waals surface area contributed by atoms with E-state index in [4.69, 9.17) is 16.2 Å². The molecule has 7 nitrogen and oxygen atoms in total. The Morgan fingerprint density at radius 3 is 1.52 bits per heavy atom. The van der Waals surface area contributed by atoms with Crippen LogP contribution in [0.15, 0.2) is 36.4 Å². The molecule has 0 aliphatic rings. The van der Waals surface area contributed by atoms with Crippen molar-refractivity contribution in [3.8, 4) is 11.5 Å². The van der Waals surface area contributed by atoms with Crippen LogP contribution < -0.4 is 16.2 Å². The fraction of sp³-hybridized carbons (Fsp3) is 0.125.